The van der Waals surface area contributed by atoms with Crippen molar-refractivity contribution in [3.63, 3.8) is 0 Å². The quantitative estimate of drug-likeness (QED) is 0.181. The van der Waals surface area contributed by atoms with Gasteiger partial charge in [0.05, 0.1) is 29.8 Å². The number of phenols is 1. The molecule has 1 fully saturated rings. The number of nitrogens with zero attached hydrogens (tertiary/aromatic N) is 6. The lowest BCUT2D eigenvalue weighted by molar-refractivity contribution is 0.234. The van der Waals surface area contributed by atoms with Crippen molar-refractivity contribution in [3.8, 4) is 17.2 Å². The lowest BCUT2D eigenvalue weighted by Gasteiger charge is -2.31. The van der Waals surface area contributed by atoms with E-state index < -0.39 is 17.4 Å². The summed E-state index contributed by atoms with van der Waals surface area (Å²) in [6.45, 7) is 7.42. The van der Waals surface area contributed by atoms with E-state index in [9.17, 15) is 13.6 Å². The second-order valence-electron chi connectivity index (χ2n) is 12.5. The lowest BCUT2D eigenvalue weighted by Crippen LogP contribution is -2.40. The molecular weight excluding hydrogens is 687 g/mol. The smallest absolute Gasteiger partial charge is 0.298 e. The molecule has 0 spiro atoms. The van der Waals surface area contributed by atoms with Gasteiger partial charge in [0.25, 0.3) is 5.56 Å². The number of nitrogens with two attached hydrogens (primary N) is 1. The van der Waals surface area contributed by atoms with Gasteiger partial charge in [-0.1, -0.05) is 18.2 Å². The minimum atomic E-state index is -0.935. The molecule has 1 saturated heterocycles. The van der Waals surface area contributed by atoms with Gasteiger partial charge in [0, 0.05) is 48.2 Å². The van der Waals surface area contributed by atoms with Gasteiger partial charge in [-0.05, 0) is 88.4 Å². The molecule has 2 aliphatic heterocycles. The van der Waals surface area contributed by atoms with Gasteiger partial charge in [0.15, 0.2) is 17.4 Å². The van der Waals surface area contributed by atoms with Gasteiger partial charge in [-0.15, -0.1) is 11.3 Å². The number of phenolic OH excluding ortho intramolecular Hbond substituents is 1. The molecule has 0 atom stereocenters. The molecule has 5 heterocycles. The Morgan fingerprint density at radius 1 is 1.02 bits per heavy atom. The minimum absolute atomic E-state index is 0.00747. The number of hydrogen-bond acceptors (Lipinski definition) is 10. The maximum Gasteiger partial charge on any atom is 0.298 e. The topological polar surface area (TPSA) is 127 Å². The van der Waals surface area contributed by atoms with Crippen LogP contribution in [0.3, 0.4) is 0 Å². The van der Waals surface area contributed by atoms with Crippen LogP contribution in [0.25, 0.3) is 16.0 Å². The Morgan fingerprint density at radius 3 is 2.48 bits per heavy atom. The summed E-state index contributed by atoms with van der Waals surface area (Å²) in [5.74, 6) is -1.35. The number of hydrogen-bond donors (Lipinski definition) is 3. The Hall–Kier alpha value is -5.31. The number of anilines is 3. The van der Waals surface area contributed by atoms with Gasteiger partial charge in [0.2, 0.25) is 0 Å². The number of nitrogen functional groups attached to an aromatic ring is 1. The zero-order valence-electron chi connectivity index (χ0n) is 29.1. The number of thiophene rings is 1. The summed E-state index contributed by atoms with van der Waals surface area (Å²) in [6.07, 6.45) is 7.82. The Balaban J connectivity index is 0.000000238. The van der Waals surface area contributed by atoms with Crippen molar-refractivity contribution in [1.29, 1.82) is 0 Å². The molecule has 0 saturated carbocycles. The third-order valence-electron chi connectivity index (χ3n) is 8.88. The van der Waals surface area contributed by atoms with Gasteiger partial charge in [-0.2, -0.15) is 0 Å². The Labute approximate surface area is 304 Å². The summed E-state index contributed by atoms with van der Waals surface area (Å²) < 4.78 is 33.7. The highest BCUT2D eigenvalue weighted by Crippen LogP contribution is 2.38. The van der Waals surface area contributed by atoms with E-state index in [4.69, 9.17) is 15.6 Å². The number of ether oxygens (including phenoxy) is 1. The second kappa shape index (κ2) is 16.8. The summed E-state index contributed by atoms with van der Waals surface area (Å²) >= 11 is 1.59. The number of likely N-dealkylation sites (tertiary alicyclic amines) is 1. The molecule has 52 heavy (non-hydrogen) atoms. The standard InChI is InChI=1S/C27H30N6O2S.C6H4F2O.C5H8N2/c1-31-11-9-18(10-12-31)29-17-21-16-23-26(36-21)30-25(28)27(34)33(23)20-7-8-24-22(15-20)32(13-14-35-24)19-5-3-2-4-6-19;7-4-1-2-6(9)5(8)3-4;1-2-7-4-3-6-5-7/h2-8,15-16,18,29H,9-14,17H2,1H3,(H2,28,30);1-3,9H;3-5H,2H2,1H3. The number of benzene rings is 3. The average Bonchev–Trinajstić information content (AvgIpc) is 3.84. The summed E-state index contributed by atoms with van der Waals surface area (Å²) in [7, 11) is 2.17. The fraction of sp³-hybridized carbons (Fsp3) is 0.289. The van der Waals surface area contributed by atoms with E-state index in [-0.39, 0.29) is 11.4 Å². The highest BCUT2D eigenvalue weighted by Gasteiger charge is 2.22. The molecular formula is C38H42F2N8O3S. The van der Waals surface area contributed by atoms with Crippen LogP contribution >= 0.6 is 11.3 Å². The van der Waals surface area contributed by atoms with Crippen LogP contribution in [-0.2, 0) is 13.1 Å². The van der Waals surface area contributed by atoms with Crippen molar-refractivity contribution in [3.05, 3.63) is 118 Å². The number of para-hydroxylation sites is 1. The van der Waals surface area contributed by atoms with Crippen molar-refractivity contribution < 1.29 is 18.6 Å². The number of halogens is 2. The van der Waals surface area contributed by atoms with Crippen LogP contribution in [-0.4, -0.2) is 68.4 Å². The molecule has 8 rings (SSSR count). The Morgan fingerprint density at radius 2 is 1.81 bits per heavy atom. The third kappa shape index (κ3) is 8.76. The Kier molecular flexibility index (Phi) is 11.8. The first-order valence-electron chi connectivity index (χ1n) is 17.1. The van der Waals surface area contributed by atoms with Gasteiger partial charge >= 0.3 is 0 Å². The molecule has 0 bridgehead atoms. The van der Waals surface area contributed by atoms with Gasteiger partial charge in [-0.3, -0.25) is 9.36 Å². The number of fused-ring (bicyclic) bond motifs is 2. The minimum Gasteiger partial charge on any atom is -0.505 e. The lowest BCUT2D eigenvalue weighted by atomic mass is 10.1. The van der Waals surface area contributed by atoms with Gasteiger partial charge < -0.3 is 35.3 Å². The average molecular weight is 729 g/mol. The Bertz CT molecular complexity index is 2130. The molecule has 11 nitrogen and oxygen atoms in total. The summed E-state index contributed by atoms with van der Waals surface area (Å²) in [6, 6.07) is 21.2. The highest BCUT2D eigenvalue weighted by atomic mass is 32.1. The maximum absolute atomic E-state index is 13.3. The third-order valence-corrected chi connectivity index (χ3v) is 9.90. The van der Waals surface area contributed by atoms with E-state index >= 15 is 0 Å². The molecule has 14 heteroatoms. The van der Waals surface area contributed by atoms with Crippen LogP contribution in [0.4, 0.5) is 26.0 Å². The zero-order chi connectivity index (χ0) is 36.6. The van der Waals surface area contributed by atoms with Crippen molar-refractivity contribution in [2.45, 2.75) is 38.9 Å². The number of imidazole rings is 1. The van der Waals surface area contributed by atoms with Crippen LogP contribution in [0.2, 0.25) is 0 Å². The van der Waals surface area contributed by atoms with Crippen molar-refractivity contribution in [2.75, 3.05) is 43.9 Å². The van der Waals surface area contributed by atoms with Crippen molar-refractivity contribution in [1.82, 2.24) is 29.3 Å². The first-order valence-corrected chi connectivity index (χ1v) is 17.9. The number of nitrogens with one attached hydrogen (secondary N) is 1. The van der Waals surface area contributed by atoms with Crippen LogP contribution < -0.4 is 26.2 Å². The summed E-state index contributed by atoms with van der Waals surface area (Å²) in [4.78, 5) is 28.0. The molecule has 272 valence electrons. The molecule has 4 N–H and O–H groups in total. The van der Waals surface area contributed by atoms with Crippen LogP contribution in [0.5, 0.6) is 11.5 Å². The molecule has 0 aliphatic carbocycles. The van der Waals surface area contributed by atoms with E-state index in [1.54, 1.807) is 28.4 Å². The monoisotopic (exact) mass is 728 g/mol. The van der Waals surface area contributed by atoms with Crippen molar-refractivity contribution >= 4 is 38.9 Å². The molecule has 0 radical (unpaired) electrons. The molecule has 6 aromatic rings. The first kappa shape index (κ1) is 36.5. The number of aryl methyl sites for hydroxylation is 1. The van der Waals surface area contributed by atoms with E-state index in [2.05, 4.69) is 57.3 Å². The maximum atomic E-state index is 13.3. The van der Waals surface area contributed by atoms with E-state index in [1.165, 1.54) is 0 Å². The van der Waals surface area contributed by atoms with E-state index in [0.717, 1.165) is 95.7 Å². The summed E-state index contributed by atoms with van der Waals surface area (Å²) in [5, 5.41) is 12.2. The number of aromatic hydroxyl groups is 1. The highest BCUT2D eigenvalue weighted by molar-refractivity contribution is 7.18. The largest absolute Gasteiger partial charge is 0.505 e. The van der Waals surface area contributed by atoms with Crippen LogP contribution in [0.15, 0.2) is 96.3 Å². The molecule has 3 aromatic heterocycles. The molecule has 0 amide bonds. The molecule has 2 aliphatic rings. The van der Waals surface area contributed by atoms with Crippen LogP contribution in [0.1, 0.15) is 24.6 Å². The summed E-state index contributed by atoms with van der Waals surface area (Å²) in [5.41, 5.74) is 9.34. The van der Waals surface area contributed by atoms with Crippen molar-refractivity contribution in [2.24, 2.45) is 0 Å². The SMILES string of the molecule is CCn1ccnc1.CN1CCC(NCc2cc3c(nc(N)c(=O)n3-c3ccc4c(c3)N(c3ccccc3)CCO4)s2)CC1.Oc1ccc(F)cc1F. The first-order chi connectivity index (χ1) is 25.2. The number of aromatic nitrogens is 4. The van der Waals surface area contributed by atoms with Gasteiger partial charge in [-0.25, -0.2) is 18.7 Å². The number of piperidine rings is 1. The zero-order valence-corrected chi connectivity index (χ0v) is 29.9. The van der Waals surface area contributed by atoms with Crippen LogP contribution in [0, 0.1) is 11.6 Å². The molecule has 0 unspecified atom stereocenters. The predicted molar refractivity (Wildman–Crippen MR) is 202 cm³/mol. The second-order valence-corrected chi connectivity index (χ2v) is 13.6. The van der Waals surface area contributed by atoms with E-state index in [1.807, 2.05) is 47.2 Å². The predicted octanol–water partition coefficient (Wildman–Crippen LogP) is 6.32. The normalized spacial score (nSPS) is 14.5. The fourth-order valence-electron chi connectivity index (χ4n) is 6.02. The van der Waals surface area contributed by atoms with Gasteiger partial charge in [0.1, 0.15) is 23.0 Å². The number of rotatable bonds is 6. The fourth-order valence-corrected chi connectivity index (χ4v) is 6.99. The molecule has 3 aromatic carbocycles. The van der Waals surface area contributed by atoms with E-state index in [0.29, 0.717) is 18.7 Å².